The number of hydrogen-bond acceptors (Lipinski definition) is 4. The Labute approximate surface area is 92.1 Å². The van der Waals surface area contributed by atoms with Gasteiger partial charge in [-0.05, 0) is 33.4 Å². The number of nitrogens with one attached hydrogen (secondary N) is 1. The molecule has 0 amide bonds. The van der Waals surface area contributed by atoms with Crippen molar-refractivity contribution in [3.8, 4) is 0 Å². The fourth-order valence-corrected chi connectivity index (χ4v) is 2.28. The standard InChI is InChI=1S/C9H21N3O2S/c1-8-7-9(3-5-12(8)2)11-4-6-15(10,13)14/h8-9,11H,3-7H2,1-2H3,(H2,10,13,14). The fourth-order valence-electron chi connectivity index (χ4n) is 1.88. The van der Waals surface area contributed by atoms with Gasteiger partial charge in [-0.25, -0.2) is 13.6 Å². The second-order valence-electron chi connectivity index (χ2n) is 4.37. The first-order valence-electron chi connectivity index (χ1n) is 5.32. The van der Waals surface area contributed by atoms with Gasteiger partial charge in [0.25, 0.3) is 0 Å². The predicted octanol–water partition coefficient (Wildman–Crippen LogP) is -0.653. The minimum atomic E-state index is -3.32. The van der Waals surface area contributed by atoms with Crippen molar-refractivity contribution < 1.29 is 8.42 Å². The van der Waals surface area contributed by atoms with E-state index in [-0.39, 0.29) is 5.75 Å². The van der Waals surface area contributed by atoms with Gasteiger partial charge in [0, 0.05) is 18.6 Å². The molecule has 1 fully saturated rings. The highest BCUT2D eigenvalue weighted by Gasteiger charge is 2.22. The van der Waals surface area contributed by atoms with Crippen molar-refractivity contribution in [1.29, 1.82) is 0 Å². The largest absolute Gasteiger partial charge is 0.313 e. The molecule has 0 spiro atoms. The Hall–Kier alpha value is -0.170. The van der Waals surface area contributed by atoms with Crippen LogP contribution in [0.25, 0.3) is 0 Å². The minimum absolute atomic E-state index is 0.0215. The third-order valence-corrected chi connectivity index (χ3v) is 3.80. The number of sulfonamides is 1. The molecule has 3 N–H and O–H groups in total. The summed E-state index contributed by atoms with van der Waals surface area (Å²) in [4.78, 5) is 2.32. The van der Waals surface area contributed by atoms with E-state index in [9.17, 15) is 8.42 Å². The quantitative estimate of drug-likeness (QED) is 0.679. The van der Waals surface area contributed by atoms with Gasteiger partial charge in [0.15, 0.2) is 0 Å². The van der Waals surface area contributed by atoms with E-state index in [4.69, 9.17) is 5.14 Å². The minimum Gasteiger partial charge on any atom is -0.313 e. The molecule has 2 atom stereocenters. The number of hydrogen-bond donors (Lipinski definition) is 2. The van der Waals surface area contributed by atoms with E-state index in [1.165, 1.54) is 0 Å². The number of nitrogens with zero attached hydrogens (tertiary/aromatic N) is 1. The second kappa shape index (κ2) is 5.25. The molecule has 0 aromatic carbocycles. The Kier molecular flexibility index (Phi) is 4.51. The van der Waals surface area contributed by atoms with Gasteiger partial charge in [-0.15, -0.1) is 0 Å². The molecule has 1 heterocycles. The number of piperidine rings is 1. The third-order valence-electron chi connectivity index (χ3n) is 3.03. The lowest BCUT2D eigenvalue weighted by atomic mass is 9.99. The summed E-state index contributed by atoms with van der Waals surface area (Å²) in [6.45, 7) is 3.71. The van der Waals surface area contributed by atoms with Crippen LogP contribution in [-0.2, 0) is 10.0 Å². The number of primary sulfonamides is 1. The summed E-state index contributed by atoms with van der Waals surface area (Å²) in [5.74, 6) is 0.0215. The highest BCUT2D eigenvalue weighted by molar-refractivity contribution is 7.89. The molecular formula is C9H21N3O2S. The molecule has 1 rings (SSSR count). The zero-order valence-electron chi connectivity index (χ0n) is 9.44. The van der Waals surface area contributed by atoms with E-state index in [0.717, 1.165) is 19.4 Å². The molecule has 0 aliphatic carbocycles. The summed E-state index contributed by atoms with van der Waals surface area (Å²) in [5, 5.41) is 8.17. The highest BCUT2D eigenvalue weighted by Crippen LogP contribution is 2.14. The topological polar surface area (TPSA) is 75.4 Å². The molecule has 1 aliphatic heterocycles. The van der Waals surface area contributed by atoms with Gasteiger partial charge in [0.1, 0.15) is 0 Å². The van der Waals surface area contributed by atoms with E-state index in [1.807, 2.05) is 0 Å². The zero-order chi connectivity index (χ0) is 11.5. The molecule has 0 bridgehead atoms. The Morgan fingerprint density at radius 3 is 2.73 bits per heavy atom. The van der Waals surface area contributed by atoms with Gasteiger partial charge < -0.3 is 10.2 Å². The third kappa shape index (κ3) is 4.92. The van der Waals surface area contributed by atoms with Crippen LogP contribution in [-0.4, -0.2) is 51.3 Å². The van der Waals surface area contributed by atoms with Crippen LogP contribution in [0.3, 0.4) is 0 Å². The molecule has 15 heavy (non-hydrogen) atoms. The first kappa shape index (κ1) is 12.9. The van der Waals surface area contributed by atoms with Crippen molar-refractivity contribution in [1.82, 2.24) is 10.2 Å². The maximum absolute atomic E-state index is 10.7. The molecular weight excluding hydrogens is 214 g/mol. The lowest BCUT2D eigenvalue weighted by Gasteiger charge is -2.35. The Bertz CT molecular complexity index is 292. The highest BCUT2D eigenvalue weighted by atomic mass is 32.2. The van der Waals surface area contributed by atoms with Crippen molar-refractivity contribution in [2.24, 2.45) is 5.14 Å². The van der Waals surface area contributed by atoms with Crippen molar-refractivity contribution in [3.63, 3.8) is 0 Å². The van der Waals surface area contributed by atoms with Crippen molar-refractivity contribution in [2.75, 3.05) is 25.9 Å². The molecule has 2 unspecified atom stereocenters. The zero-order valence-corrected chi connectivity index (χ0v) is 10.3. The molecule has 0 aromatic heterocycles. The maximum Gasteiger partial charge on any atom is 0.210 e. The molecule has 0 saturated carbocycles. The van der Waals surface area contributed by atoms with Crippen LogP contribution in [0.1, 0.15) is 19.8 Å². The Morgan fingerprint density at radius 1 is 1.53 bits per heavy atom. The summed E-state index contributed by atoms with van der Waals surface area (Å²) in [7, 11) is -1.21. The SMILES string of the molecule is CC1CC(NCCS(N)(=O)=O)CCN1C. The first-order valence-corrected chi connectivity index (χ1v) is 7.04. The van der Waals surface area contributed by atoms with Gasteiger partial charge in [0.05, 0.1) is 5.75 Å². The average Bonchev–Trinajstić information content (AvgIpc) is 2.09. The Balaban J connectivity index is 2.23. The normalized spacial score (nSPS) is 29.3. The molecule has 90 valence electrons. The lowest BCUT2D eigenvalue weighted by Crippen LogP contribution is -2.46. The van der Waals surface area contributed by atoms with Crippen LogP contribution in [0.5, 0.6) is 0 Å². The average molecular weight is 235 g/mol. The lowest BCUT2D eigenvalue weighted by molar-refractivity contribution is 0.170. The maximum atomic E-state index is 10.7. The second-order valence-corrected chi connectivity index (χ2v) is 6.11. The number of nitrogens with two attached hydrogens (primary N) is 1. The summed E-state index contributed by atoms with van der Waals surface area (Å²) >= 11 is 0. The summed E-state index contributed by atoms with van der Waals surface area (Å²) < 4.78 is 21.4. The van der Waals surface area contributed by atoms with E-state index in [1.54, 1.807) is 0 Å². The molecule has 0 aromatic rings. The predicted molar refractivity (Wildman–Crippen MR) is 61.1 cm³/mol. The van der Waals surface area contributed by atoms with E-state index < -0.39 is 10.0 Å². The van der Waals surface area contributed by atoms with Crippen molar-refractivity contribution >= 4 is 10.0 Å². The van der Waals surface area contributed by atoms with Crippen LogP contribution >= 0.6 is 0 Å². The van der Waals surface area contributed by atoms with Gasteiger partial charge in [-0.1, -0.05) is 0 Å². The smallest absolute Gasteiger partial charge is 0.210 e. The fraction of sp³-hybridized carbons (Fsp3) is 1.00. The van der Waals surface area contributed by atoms with Crippen molar-refractivity contribution in [2.45, 2.75) is 31.8 Å². The van der Waals surface area contributed by atoms with E-state index in [2.05, 4.69) is 24.2 Å². The van der Waals surface area contributed by atoms with Gasteiger partial charge in [-0.3, -0.25) is 0 Å². The Morgan fingerprint density at radius 2 is 2.20 bits per heavy atom. The number of rotatable bonds is 4. The van der Waals surface area contributed by atoms with E-state index in [0.29, 0.717) is 18.6 Å². The molecule has 1 saturated heterocycles. The molecule has 1 aliphatic rings. The van der Waals surface area contributed by atoms with Crippen LogP contribution in [0.2, 0.25) is 0 Å². The first-order chi connectivity index (χ1) is 6.88. The van der Waals surface area contributed by atoms with Crippen molar-refractivity contribution in [3.05, 3.63) is 0 Å². The number of likely N-dealkylation sites (tertiary alicyclic amines) is 1. The van der Waals surface area contributed by atoms with Gasteiger partial charge in [0.2, 0.25) is 10.0 Å². The molecule has 6 heteroatoms. The summed E-state index contributed by atoms with van der Waals surface area (Å²) in [5.41, 5.74) is 0. The van der Waals surface area contributed by atoms with Crippen LogP contribution < -0.4 is 10.5 Å². The van der Waals surface area contributed by atoms with Crippen LogP contribution in [0.4, 0.5) is 0 Å². The van der Waals surface area contributed by atoms with Gasteiger partial charge >= 0.3 is 0 Å². The molecule has 5 nitrogen and oxygen atoms in total. The molecule has 0 radical (unpaired) electrons. The van der Waals surface area contributed by atoms with E-state index >= 15 is 0 Å². The van der Waals surface area contributed by atoms with Crippen LogP contribution in [0.15, 0.2) is 0 Å². The summed E-state index contributed by atoms with van der Waals surface area (Å²) in [6.07, 6.45) is 2.15. The van der Waals surface area contributed by atoms with Gasteiger partial charge in [-0.2, -0.15) is 0 Å². The van der Waals surface area contributed by atoms with Crippen LogP contribution in [0, 0.1) is 0 Å². The monoisotopic (exact) mass is 235 g/mol. The summed E-state index contributed by atoms with van der Waals surface area (Å²) in [6, 6.07) is 0.990.